The molecular formula is C10H11ClFNO. The zero-order chi connectivity index (χ0) is 10.6. The van der Waals surface area contributed by atoms with Crippen molar-refractivity contribution in [1.82, 2.24) is 0 Å². The number of rotatable bonds is 1. The smallest absolute Gasteiger partial charge is 0.252 e. The molecule has 1 fully saturated rings. The Morgan fingerprint density at radius 1 is 1.50 bits per heavy atom. The highest BCUT2D eigenvalue weighted by Crippen LogP contribution is 2.13. The van der Waals surface area contributed by atoms with Crippen LogP contribution in [-0.2, 0) is 0 Å². The molecule has 1 aliphatic carbocycles. The van der Waals surface area contributed by atoms with Crippen molar-refractivity contribution < 1.29 is 9.18 Å². The van der Waals surface area contributed by atoms with Gasteiger partial charge in [-0.1, -0.05) is 6.07 Å². The Morgan fingerprint density at radius 3 is 2.36 bits per heavy atom. The van der Waals surface area contributed by atoms with Crippen molar-refractivity contribution in [2.75, 3.05) is 0 Å². The second kappa shape index (κ2) is 5.08. The Bertz CT molecular complexity index is 326. The number of hydrogen-bond acceptors (Lipinski definition) is 2. The summed E-state index contributed by atoms with van der Waals surface area (Å²) in [5.41, 5.74) is 5.40. The molecule has 0 saturated heterocycles. The first kappa shape index (κ1) is 11.1. The highest BCUT2D eigenvalue weighted by molar-refractivity contribution is 6.67. The maximum absolute atomic E-state index is 12.3. The van der Waals surface area contributed by atoms with Crippen LogP contribution in [-0.4, -0.2) is 11.3 Å². The fourth-order valence-corrected chi connectivity index (χ4v) is 0.825. The molecule has 2 N–H and O–H groups in total. The maximum atomic E-state index is 12.3. The zero-order valence-corrected chi connectivity index (χ0v) is 8.30. The van der Waals surface area contributed by atoms with Gasteiger partial charge in [-0.15, -0.1) is 0 Å². The van der Waals surface area contributed by atoms with E-state index in [1.807, 2.05) is 0 Å². The molecule has 1 aromatic rings. The topological polar surface area (TPSA) is 43.1 Å². The van der Waals surface area contributed by atoms with E-state index in [4.69, 9.17) is 17.3 Å². The van der Waals surface area contributed by atoms with Crippen LogP contribution in [0.2, 0.25) is 0 Å². The lowest BCUT2D eigenvalue weighted by Crippen LogP contribution is -1.94. The number of hydrogen-bond donors (Lipinski definition) is 1. The lowest BCUT2D eigenvalue weighted by atomic mass is 10.2. The first-order chi connectivity index (χ1) is 6.59. The molecule has 1 aromatic carbocycles. The molecule has 0 aromatic heterocycles. The van der Waals surface area contributed by atoms with Gasteiger partial charge in [0.25, 0.3) is 5.24 Å². The molecule has 1 saturated carbocycles. The van der Waals surface area contributed by atoms with E-state index in [-0.39, 0.29) is 5.56 Å². The largest absolute Gasteiger partial charge is 0.328 e. The average Bonchev–Trinajstić information content (AvgIpc) is 2.89. The normalized spacial score (nSPS) is 14.2. The van der Waals surface area contributed by atoms with Gasteiger partial charge >= 0.3 is 0 Å². The Hall–Kier alpha value is -0.930. The second-order valence-corrected chi connectivity index (χ2v) is 3.46. The summed E-state index contributed by atoms with van der Waals surface area (Å²) in [5, 5.41) is -0.639. The van der Waals surface area contributed by atoms with E-state index in [1.165, 1.54) is 31.0 Å². The Morgan fingerprint density at radius 2 is 2.07 bits per heavy atom. The molecular weight excluding hydrogens is 205 g/mol. The standard InChI is InChI=1S/C7H4ClFO.C3H7N/c8-7(10)5-2-1-3-6(9)4-5;4-3-1-2-3/h1-4H;3H,1-2,4H2. The van der Waals surface area contributed by atoms with Crippen LogP contribution in [0.15, 0.2) is 24.3 Å². The van der Waals surface area contributed by atoms with Gasteiger partial charge in [-0.2, -0.15) is 0 Å². The van der Waals surface area contributed by atoms with Crippen molar-refractivity contribution in [3.8, 4) is 0 Å². The summed E-state index contributed by atoms with van der Waals surface area (Å²) in [6.45, 7) is 0. The molecule has 76 valence electrons. The van der Waals surface area contributed by atoms with Gasteiger partial charge in [0.15, 0.2) is 0 Å². The molecule has 2 rings (SSSR count). The zero-order valence-electron chi connectivity index (χ0n) is 7.54. The van der Waals surface area contributed by atoms with Crippen LogP contribution in [0.3, 0.4) is 0 Å². The molecule has 1 aliphatic rings. The summed E-state index contributed by atoms with van der Waals surface area (Å²) >= 11 is 5.07. The minimum absolute atomic E-state index is 0.182. The Labute approximate surface area is 86.9 Å². The van der Waals surface area contributed by atoms with Crippen LogP contribution >= 0.6 is 11.6 Å². The van der Waals surface area contributed by atoms with Crippen molar-refractivity contribution in [2.24, 2.45) is 5.73 Å². The Kier molecular flexibility index (Phi) is 4.04. The number of carbonyl (C=O) groups is 1. The lowest BCUT2D eigenvalue weighted by Gasteiger charge is -1.90. The van der Waals surface area contributed by atoms with Crippen molar-refractivity contribution >= 4 is 16.8 Å². The van der Waals surface area contributed by atoms with E-state index < -0.39 is 11.1 Å². The van der Waals surface area contributed by atoms with Gasteiger partial charge in [-0.25, -0.2) is 4.39 Å². The third kappa shape index (κ3) is 4.35. The minimum atomic E-state index is -0.639. The fourth-order valence-electron chi connectivity index (χ4n) is 0.707. The molecule has 14 heavy (non-hydrogen) atoms. The van der Waals surface area contributed by atoms with Crippen LogP contribution in [0.1, 0.15) is 23.2 Å². The summed E-state index contributed by atoms with van der Waals surface area (Å²) in [5.74, 6) is -0.452. The van der Waals surface area contributed by atoms with Crippen LogP contribution in [0.25, 0.3) is 0 Å². The molecule has 0 unspecified atom stereocenters. The number of benzene rings is 1. The van der Waals surface area contributed by atoms with E-state index >= 15 is 0 Å². The molecule has 0 radical (unpaired) electrons. The summed E-state index contributed by atoms with van der Waals surface area (Å²) in [4.78, 5) is 10.4. The predicted octanol–water partition coefficient (Wildman–Crippen LogP) is 2.31. The SMILES string of the molecule is NC1CC1.O=C(Cl)c1cccc(F)c1. The van der Waals surface area contributed by atoms with Crippen LogP contribution in [0, 0.1) is 5.82 Å². The number of carbonyl (C=O) groups excluding carboxylic acids is 1. The monoisotopic (exact) mass is 215 g/mol. The molecule has 0 heterocycles. The van der Waals surface area contributed by atoms with Crippen molar-refractivity contribution in [1.29, 1.82) is 0 Å². The van der Waals surface area contributed by atoms with E-state index in [0.717, 1.165) is 6.07 Å². The molecule has 0 aliphatic heterocycles. The first-order valence-electron chi connectivity index (χ1n) is 4.30. The van der Waals surface area contributed by atoms with E-state index in [1.54, 1.807) is 0 Å². The van der Waals surface area contributed by atoms with Gasteiger partial charge in [0.05, 0.1) is 0 Å². The molecule has 2 nitrogen and oxygen atoms in total. The third-order valence-electron chi connectivity index (χ3n) is 1.67. The molecule has 0 atom stereocenters. The van der Waals surface area contributed by atoms with Gasteiger partial charge in [-0.05, 0) is 42.6 Å². The lowest BCUT2D eigenvalue weighted by molar-refractivity contribution is 0.108. The number of halogens is 2. The molecule has 0 spiro atoms. The van der Waals surface area contributed by atoms with E-state index in [2.05, 4.69) is 0 Å². The van der Waals surface area contributed by atoms with Gasteiger partial charge < -0.3 is 5.73 Å². The highest BCUT2D eigenvalue weighted by Gasteiger charge is 2.13. The van der Waals surface area contributed by atoms with Crippen molar-refractivity contribution in [3.05, 3.63) is 35.6 Å². The maximum Gasteiger partial charge on any atom is 0.252 e. The second-order valence-electron chi connectivity index (χ2n) is 3.12. The van der Waals surface area contributed by atoms with Gasteiger partial charge in [0.2, 0.25) is 0 Å². The Balaban J connectivity index is 0.000000203. The average molecular weight is 216 g/mol. The first-order valence-corrected chi connectivity index (χ1v) is 4.68. The van der Waals surface area contributed by atoms with Crippen LogP contribution < -0.4 is 5.73 Å². The van der Waals surface area contributed by atoms with Crippen LogP contribution in [0.4, 0.5) is 4.39 Å². The molecule has 4 heteroatoms. The molecule has 0 bridgehead atoms. The van der Waals surface area contributed by atoms with Gasteiger partial charge in [-0.3, -0.25) is 4.79 Å². The van der Waals surface area contributed by atoms with Crippen molar-refractivity contribution in [3.63, 3.8) is 0 Å². The van der Waals surface area contributed by atoms with Crippen LogP contribution in [0.5, 0.6) is 0 Å². The highest BCUT2D eigenvalue weighted by atomic mass is 35.5. The summed E-state index contributed by atoms with van der Waals surface area (Å²) < 4.78 is 12.3. The van der Waals surface area contributed by atoms with Gasteiger partial charge in [0, 0.05) is 11.6 Å². The number of nitrogens with two attached hydrogens (primary N) is 1. The van der Waals surface area contributed by atoms with Crippen molar-refractivity contribution in [2.45, 2.75) is 18.9 Å². The van der Waals surface area contributed by atoms with E-state index in [9.17, 15) is 9.18 Å². The van der Waals surface area contributed by atoms with E-state index in [0.29, 0.717) is 6.04 Å². The quantitative estimate of drug-likeness (QED) is 0.731. The minimum Gasteiger partial charge on any atom is -0.328 e. The van der Waals surface area contributed by atoms with Gasteiger partial charge in [0.1, 0.15) is 5.82 Å². The summed E-state index contributed by atoms with van der Waals surface area (Å²) in [6.07, 6.45) is 2.53. The molecule has 0 amide bonds. The summed E-state index contributed by atoms with van der Waals surface area (Å²) in [6, 6.07) is 5.82. The predicted molar refractivity (Wildman–Crippen MR) is 53.8 cm³/mol. The summed E-state index contributed by atoms with van der Waals surface area (Å²) in [7, 11) is 0. The third-order valence-corrected chi connectivity index (χ3v) is 1.89. The fraction of sp³-hybridized carbons (Fsp3) is 0.300.